The molecular formula is C8H15NO3. The third-order valence-electron chi connectivity index (χ3n) is 2.45. The number of carboxylic acids is 1. The number of rotatable bonds is 4. The summed E-state index contributed by atoms with van der Waals surface area (Å²) >= 11 is 0. The normalized spacial score (nSPS) is 22.8. The number of ether oxygens (including phenoxy) is 1. The van der Waals surface area contributed by atoms with Crippen LogP contribution in [0.3, 0.4) is 0 Å². The molecule has 4 heteroatoms. The van der Waals surface area contributed by atoms with Crippen LogP contribution in [-0.4, -0.2) is 30.3 Å². The third-order valence-corrected chi connectivity index (χ3v) is 2.45. The van der Waals surface area contributed by atoms with Gasteiger partial charge in [0.25, 0.3) is 0 Å². The molecule has 0 radical (unpaired) electrons. The smallest absolute Gasteiger partial charge is 0.315 e. The highest BCUT2D eigenvalue weighted by molar-refractivity contribution is 5.77. The number of hydrogen-bond donors (Lipinski definition) is 2. The Morgan fingerprint density at radius 2 is 2.33 bits per heavy atom. The first-order chi connectivity index (χ1) is 5.63. The van der Waals surface area contributed by atoms with Crippen molar-refractivity contribution in [3.63, 3.8) is 0 Å². The van der Waals surface area contributed by atoms with E-state index in [0.717, 1.165) is 12.8 Å². The molecule has 0 aromatic heterocycles. The monoisotopic (exact) mass is 173 g/mol. The first kappa shape index (κ1) is 9.48. The van der Waals surface area contributed by atoms with Crippen LogP contribution in [0, 0.1) is 5.41 Å². The van der Waals surface area contributed by atoms with Gasteiger partial charge in [-0.15, -0.1) is 0 Å². The summed E-state index contributed by atoms with van der Waals surface area (Å²) < 4.78 is 4.91. The van der Waals surface area contributed by atoms with E-state index < -0.39 is 11.4 Å². The Morgan fingerprint density at radius 1 is 1.75 bits per heavy atom. The highest BCUT2D eigenvalue weighted by Gasteiger charge is 2.50. The second-order valence-electron chi connectivity index (χ2n) is 3.35. The Kier molecular flexibility index (Phi) is 2.69. The van der Waals surface area contributed by atoms with Gasteiger partial charge in [-0.05, 0) is 6.42 Å². The van der Waals surface area contributed by atoms with Crippen molar-refractivity contribution >= 4 is 5.97 Å². The van der Waals surface area contributed by atoms with Gasteiger partial charge in [-0.3, -0.25) is 4.79 Å². The van der Waals surface area contributed by atoms with Gasteiger partial charge < -0.3 is 15.6 Å². The quantitative estimate of drug-likeness (QED) is 0.637. The first-order valence-electron chi connectivity index (χ1n) is 4.20. The van der Waals surface area contributed by atoms with E-state index in [9.17, 15) is 4.79 Å². The molecule has 1 aliphatic rings. The minimum absolute atomic E-state index is 0.267. The summed E-state index contributed by atoms with van der Waals surface area (Å²) in [5.74, 6) is -0.824. The highest BCUT2D eigenvalue weighted by Crippen LogP contribution is 2.32. The molecular weight excluding hydrogens is 158 g/mol. The molecule has 0 spiro atoms. The summed E-state index contributed by atoms with van der Waals surface area (Å²) in [7, 11) is 0. The van der Waals surface area contributed by atoms with Crippen LogP contribution in [0.4, 0.5) is 0 Å². The Morgan fingerprint density at radius 3 is 2.58 bits per heavy atom. The molecule has 1 unspecified atom stereocenters. The van der Waals surface area contributed by atoms with Crippen molar-refractivity contribution in [1.29, 1.82) is 0 Å². The van der Waals surface area contributed by atoms with E-state index in [-0.39, 0.29) is 19.3 Å². The largest absolute Gasteiger partial charge is 0.481 e. The average molecular weight is 173 g/mol. The van der Waals surface area contributed by atoms with Crippen LogP contribution in [0.1, 0.15) is 19.8 Å². The topological polar surface area (TPSA) is 72.6 Å². The van der Waals surface area contributed by atoms with E-state index in [1.54, 1.807) is 0 Å². The van der Waals surface area contributed by atoms with E-state index in [1.165, 1.54) is 0 Å². The molecule has 12 heavy (non-hydrogen) atoms. The van der Waals surface area contributed by atoms with Crippen LogP contribution in [0.15, 0.2) is 0 Å². The van der Waals surface area contributed by atoms with Crippen molar-refractivity contribution in [3.8, 4) is 0 Å². The second kappa shape index (κ2) is 3.41. The molecule has 1 atom stereocenters. The number of aliphatic carboxylic acids is 1. The van der Waals surface area contributed by atoms with Crippen molar-refractivity contribution in [2.75, 3.05) is 13.2 Å². The van der Waals surface area contributed by atoms with Crippen LogP contribution < -0.4 is 5.73 Å². The van der Waals surface area contributed by atoms with Gasteiger partial charge in [0, 0.05) is 6.04 Å². The fourth-order valence-electron chi connectivity index (χ4n) is 1.41. The lowest BCUT2D eigenvalue weighted by molar-refractivity contribution is -0.184. The Balaban J connectivity index is 2.60. The predicted octanol–water partition coefficient (Wildman–Crippen LogP) is 0.215. The number of carbonyl (C=O) groups is 1. The lowest BCUT2D eigenvalue weighted by Crippen LogP contribution is -2.60. The Hall–Kier alpha value is -0.610. The maximum absolute atomic E-state index is 10.9. The summed E-state index contributed by atoms with van der Waals surface area (Å²) in [6, 6.07) is -0.270. The zero-order chi connectivity index (χ0) is 9.19. The molecule has 0 amide bonds. The summed E-state index contributed by atoms with van der Waals surface area (Å²) in [4.78, 5) is 10.9. The molecule has 0 aromatic carbocycles. The maximum Gasteiger partial charge on any atom is 0.315 e. The minimum atomic E-state index is -0.824. The zero-order valence-corrected chi connectivity index (χ0v) is 7.25. The van der Waals surface area contributed by atoms with Gasteiger partial charge in [-0.1, -0.05) is 13.3 Å². The SMILES string of the molecule is CCCC(N)C1(C(=O)O)COC1. The van der Waals surface area contributed by atoms with Gasteiger partial charge in [0.2, 0.25) is 0 Å². The average Bonchev–Trinajstić information content (AvgIpc) is 1.83. The summed E-state index contributed by atoms with van der Waals surface area (Å²) in [5, 5.41) is 8.92. The van der Waals surface area contributed by atoms with Crippen molar-refractivity contribution in [2.24, 2.45) is 11.1 Å². The van der Waals surface area contributed by atoms with Crippen molar-refractivity contribution < 1.29 is 14.6 Å². The second-order valence-corrected chi connectivity index (χ2v) is 3.35. The van der Waals surface area contributed by atoms with Gasteiger partial charge in [0.15, 0.2) is 0 Å². The van der Waals surface area contributed by atoms with E-state index >= 15 is 0 Å². The number of hydrogen-bond acceptors (Lipinski definition) is 3. The lowest BCUT2D eigenvalue weighted by atomic mass is 9.77. The van der Waals surface area contributed by atoms with Gasteiger partial charge in [0.05, 0.1) is 13.2 Å². The van der Waals surface area contributed by atoms with Gasteiger partial charge in [-0.25, -0.2) is 0 Å². The van der Waals surface area contributed by atoms with E-state index in [0.29, 0.717) is 0 Å². The molecule has 0 aliphatic carbocycles. The van der Waals surface area contributed by atoms with E-state index in [4.69, 9.17) is 15.6 Å². The summed E-state index contributed by atoms with van der Waals surface area (Å²) in [6.07, 6.45) is 1.66. The van der Waals surface area contributed by atoms with Gasteiger partial charge in [-0.2, -0.15) is 0 Å². The number of nitrogens with two attached hydrogens (primary N) is 1. The zero-order valence-electron chi connectivity index (χ0n) is 7.25. The minimum Gasteiger partial charge on any atom is -0.481 e. The van der Waals surface area contributed by atoms with Crippen LogP contribution >= 0.6 is 0 Å². The van der Waals surface area contributed by atoms with Gasteiger partial charge >= 0.3 is 5.97 Å². The third kappa shape index (κ3) is 1.32. The molecule has 0 saturated carbocycles. The van der Waals surface area contributed by atoms with Crippen LogP contribution in [0.5, 0.6) is 0 Å². The van der Waals surface area contributed by atoms with E-state index in [2.05, 4.69) is 0 Å². The van der Waals surface area contributed by atoms with Crippen molar-refractivity contribution in [3.05, 3.63) is 0 Å². The number of carboxylic acid groups (broad SMARTS) is 1. The Labute approximate surface area is 71.7 Å². The van der Waals surface area contributed by atoms with Crippen molar-refractivity contribution in [1.82, 2.24) is 0 Å². The molecule has 1 heterocycles. The van der Waals surface area contributed by atoms with Crippen LogP contribution in [0.25, 0.3) is 0 Å². The fourth-order valence-corrected chi connectivity index (χ4v) is 1.41. The van der Waals surface area contributed by atoms with Crippen LogP contribution in [0.2, 0.25) is 0 Å². The molecule has 1 rings (SSSR count). The molecule has 0 bridgehead atoms. The first-order valence-corrected chi connectivity index (χ1v) is 4.20. The summed E-state index contributed by atoms with van der Waals surface area (Å²) in [5.41, 5.74) is 4.97. The fraction of sp³-hybridized carbons (Fsp3) is 0.875. The molecule has 0 aromatic rings. The van der Waals surface area contributed by atoms with E-state index in [1.807, 2.05) is 6.92 Å². The highest BCUT2D eigenvalue weighted by atomic mass is 16.5. The van der Waals surface area contributed by atoms with Gasteiger partial charge in [0.1, 0.15) is 5.41 Å². The molecule has 1 fully saturated rings. The summed E-state index contributed by atoms with van der Waals surface area (Å²) in [6.45, 7) is 2.53. The molecule has 4 nitrogen and oxygen atoms in total. The Bertz CT molecular complexity index is 177. The van der Waals surface area contributed by atoms with Crippen molar-refractivity contribution in [2.45, 2.75) is 25.8 Å². The molecule has 3 N–H and O–H groups in total. The molecule has 1 saturated heterocycles. The lowest BCUT2D eigenvalue weighted by Gasteiger charge is -2.41. The maximum atomic E-state index is 10.9. The standard InChI is InChI=1S/C8H15NO3/c1-2-3-6(9)8(7(10)11)4-12-5-8/h6H,2-5,9H2,1H3,(H,10,11). The van der Waals surface area contributed by atoms with Crippen LogP contribution in [-0.2, 0) is 9.53 Å². The molecule has 70 valence electrons. The molecule has 1 aliphatic heterocycles. The predicted molar refractivity (Wildman–Crippen MR) is 43.8 cm³/mol.